The molecule has 1 aromatic heterocycles. The normalized spacial score (nSPS) is 12.6. The highest BCUT2D eigenvalue weighted by Crippen LogP contribution is 2.29. The van der Waals surface area contributed by atoms with Crippen LogP contribution in [-0.4, -0.2) is 10.2 Å². The number of nitrogens with one attached hydrogen (secondary N) is 2. The summed E-state index contributed by atoms with van der Waals surface area (Å²) in [5.41, 5.74) is 3.01. The predicted molar refractivity (Wildman–Crippen MR) is 84.6 cm³/mol. The fraction of sp³-hybridized carbons (Fsp3) is 0.133. The molecule has 3 nitrogen and oxygen atoms in total. The van der Waals surface area contributed by atoms with E-state index in [1.165, 1.54) is 0 Å². The molecule has 3 aromatic rings. The van der Waals surface area contributed by atoms with Gasteiger partial charge in [0.25, 0.3) is 0 Å². The maximum atomic E-state index is 6.22. The zero-order chi connectivity index (χ0) is 14.1. The first-order chi connectivity index (χ1) is 9.63. The van der Waals surface area contributed by atoms with Crippen LogP contribution in [-0.2, 0) is 0 Å². The molecule has 0 spiro atoms. The van der Waals surface area contributed by atoms with Gasteiger partial charge in [0.05, 0.1) is 17.8 Å². The van der Waals surface area contributed by atoms with Crippen molar-refractivity contribution in [3.63, 3.8) is 0 Å². The quantitative estimate of drug-likeness (QED) is 0.711. The number of hydrogen-bond donors (Lipinski definition) is 2. The lowest BCUT2D eigenvalue weighted by Gasteiger charge is -2.17. The summed E-state index contributed by atoms with van der Waals surface area (Å²) in [6.07, 6.45) is 1.80. The Morgan fingerprint density at radius 1 is 1.15 bits per heavy atom. The molecule has 1 unspecified atom stereocenters. The summed E-state index contributed by atoms with van der Waals surface area (Å²) in [7, 11) is 0. The summed E-state index contributed by atoms with van der Waals surface area (Å²) in [6, 6.07) is 11.6. The topological polar surface area (TPSA) is 40.7 Å². The summed E-state index contributed by atoms with van der Waals surface area (Å²) in [4.78, 5) is 0. The Labute approximate surface area is 126 Å². The monoisotopic (exact) mass is 305 g/mol. The molecule has 0 aliphatic heterocycles. The van der Waals surface area contributed by atoms with E-state index in [0.717, 1.165) is 22.2 Å². The van der Waals surface area contributed by atoms with Gasteiger partial charge in [0.1, 0.15) is 0 Å². The van der Waals surface area contributed by atoms with Crippen molar-refractivity contribution in [2.24, 2.45) is 0 Å². The van der Waals surface area contributed by atoms with Gasteiger partial charge in [0, 0.05) is 21.1 Å². The maximum absolute atomic E-state index is 6.22. The second kappa shape index (κ2) is 5.35. The second-order valence-corrected chi connectivity index (χ2v) is 5.55. The molecule has 5 heteroatoms. The molecule has 0 bridgehead atoms. The van der Waals surface area contributed by atoms with E-state index in [2.05, 4.69) is 22.4 Å². The number of rotatable bonds is 3. The summed E-state index contributed by atoms with van der Waals surface area (Å²) in [5, 5.41) is 12.8. The van der Waals surface area contributed by atoms with E-state index in [1.54, 1.807) is 12.3 Å². The number of halogens is 2. The number of hydrogen-bond acceptors (Lipinski definition) is 2. The molecular formula is C15H13Cl2N3. The number of aromatic amines is 1. The molecule has 2 N–H and O–H groups in total. The molecule has 0 radical (unpaired) electrons. The minimum atomic E-state index is 0.0607. The second-order valence-electron chi connectivity index (χ2n) is 4.70. The Hall–Kier alpha value is -1.71. The van der Waals surface area contributed by atoms with Gasteiger partial charge in [0.2, 0.25) is 0 Å². The molecule has 20 heavy (non-hydrogen) atoms. The third-order valence-electron chi connectivity index (χ3n) is 3.25. The van der Waals surface area contributed by atoms with Crippen LogP contribution in [0.5, 0.6) is 0 Å². The standard InChI is InChI=1S/C15H13Cl2N3/c1-9(13-7-11(16)2-4-14(13)17)19-12-3-5-15-10(6-12)8-18-20-15/h2-9,19H,1H3,(H,18,20). The molecule has 0 aliphatic rings. The van der Waals surface area contributed by atoms with Gasteiger partial charge in [0.15, 0.2) is 0 Å². The van der Waals surface area contributed by atoms with Crippen LogP contribution >= 0.6 is 23.2 Å². The van der Waals surface area contributed by atoms with Crippen molar-refractivity contribution in [1.82, 2.24) is 10.2 Å². The average molecular weight is 306 g/mol. The minimum absolute atomic E-state index is 0.0607. The van der Waals surface area contributed by atoms with Crippen molar-refractivity contribution in [2.45, 2.75) is 13.0 Å². The van der Waals surface area contributed by atoms with E-state index in [4.69, 9.17) is 23.2 Å². The van der Waals surface area contributed by atoms with Gasteiger partial charge in [-0.05, 0) is 48.9 Å². The number of anilines is 1. The highest BCUT2D eigenvalue weighted by Gasteiger charge is 2.10. The molecule has 0 fully saturated rings. The van der Waals surface area contributed by atoms with Crippen molar-refractivity contribution in [2.75, 3.05) is 5.32 Å². The smallest absolute Gasteiger partial charge is 0.0651 e. The van der Waals surface area contributed by atoms with Gasteiger partial charge in [-0.1, -0.05) is 23.2 Å². The molecule has 2 aromatic carbocycles. The summed E-state index contributed by atoms with van der Waals surface area (Å²) in [6.45, 7) is 2.05. The van der Waals surface area contributed by atoms with Crippen LogP contribution in [0.2, 0.25) is 10.0 Å². The fourth-order valence-corrected chi connectivity index (χ4v) is 2.67. The van der Waals surface area contributed by atoms with E-state index in [-0.39, 0.29) is 6.04 Å². The highest BCUT2D eigenvalue weighted by molar-refractivity contribution is 6.33. The van der Waals surface area contributed by atoms with E-state index in [9.17, 15) is 0 Å². The first-order valence-electron chi connectivity index (χ1n) is 6.28. The van der Waals surface area contributed by atoms with Crippen LogP contribution in [0.4, 0.5) is 5.69 Å². The lowest BCUT2D eigenvalue weighted by Crippen LogP contribution is -2.07. The number of nitrogens with zero attached hydrogens (tertiary/aromatic N) is 1. The number of H-pyrrole nitrogens is 1. The van der Waals surface area contributed by atoms with E-state index in [1.807, 2.05) is 30.3 Å². The average Bonchev–Trinajstić information content (AvgIpc) is 2.89. The molecule has 1 heterocycles. The Morgan fingerprint density at radius 3 is 2.85 bits per heavy atom. The first kappa shape index (κ1) is 13.3. The predicted octanol–water partition coefficient (Wildman–Crippen LogP) is 5.04. The largest absolute Gasteiger partial charge is 0.378 e. The molecule has 102 valence electrons. The Morgan fingerprint density at radius 2 is 2.00 bits per heavy atom. The van der Waals surface area contributed by atoms with Crippen LogP contribution in [0.15, 0.2) is 42.6 Å². The lowest BCUT2D eigenvalue weighted by molar-refractivity contribution is 0.885. The van der Waals surface area contributed by atoms with Crippen LogP contribution in [0.1, 0.15) is 18.5 Å². The maximum Gasteiger partial charge on any atom is 0.0651 e. The Bertz CT molecular complexity index is 752. The van der Waals surface area contributed by atoms with Crippen molar-refractivity contribution in [3.8, 4) is 0 Å². The third-order valence-corrected chi connectivity index (χ3v) is 3.83. The SMILES string of the molecule is CC(Nc1ccc2[nH]ncc2c1)c1cc(Cl)ccc1Cl. The van der Waals surface area contributed by atoms with Crippen LogP contribution in [0.25, 0.3) is 10.9 Å². The van der Waals surface area contributed by atoms with Crippen LogP contribution in [0, 0.1) is 0 Å². The highest BCUT2D eigenvalue weighted by atomic mass is 35.5. The summed E-state index contributed by atoms with van der Waals surface area (Å²) >= 11 is 12.2. The van der Waals surface area contributed by atoms with E-state index < -0.39 is 0 Å². The zero-order valence-electron chi connectivity index (χ0n) is 10.8. The van der Waals surface area contributed by atoms with Gasteiger partial charge < -0.3 is 5.32 Å². The molecular weight excluding hydrogens is 293 g/mol. The minimum Gasteiger partial charge on any atom is -0.378 e. The van der Waals surface area contributed by atoms with Crippen molar-refractivity contribution in [3.05, 3.63) is 58.2 Å². The third kappa shape index (κ3) is 2.60. The molecule has 0 saturated carbocycles. The summed E-state index contributed by atoms with van der Waals surface area (Å²) in [5.74, 6) is 0. The number of aromatic nitrogens is 2. The van der Waals surface area contributed by atoms with Crippen molar-refractivity contribution in [1.29, 1.82) is 0 Å². The molecule has 0 saturated heterocycles. The summed E-state index contributed by atoms with van der Waals surface area (Å²) < 4.78 is 0. The molecule has 0 amide bonds. The Balaban J connectivity index is 1.87. The van der Waals surface area contributed by atoms with Crippen LogP contribution < -0.4 is 5.32 Å². The van der Waals surface area contributed by atoms with Gasteiger partial charge in [-0.2, -0.15) is 5.10 Å². The van der Waals surface area contributed by atoms with Crippen molar-refractivity contribution >= 4 is 39.8 Å². The molecule has 1 atom stereocenters. The van der Waals surface area contributed by atoms with E-state index in [0.29, 0.717) is 10.0 Å². The van der Waals surface area contributed by atoms with Gasteiger partial charge in [-0.25, -0.2) is 0 Å². The van der Waals surface area contributed by atoms with Gasteiger partial charge >= 0.3 is 0 Å². The van der Waals surface area contributed by atoms with Gasteiger partial charge in [-0.3, -0.25) is 5.10 Å². The van der Waals surface area contributed by atoms with Gasteiger partial charge in [-0.15, -0.1) is 0 Å². The number of fused-ring (bicyclic) bond motifs is 1. The number of benzene rings is 2. The van der Waals surface area contributed by atoms with E-state index >= 15 is 0 Å². The fourth-order valence-electron chi connectivity index (χ4n) is 2.21. The zero-order valence-corrected chi connectivity index (χ0v) is 12.3. The Kier molecular flexibility index (Phi) is 3.55. The lowest BCUT2D eigenvalue weighted by atomic mass is 10.1. The van der Waals surface area contributed by atoms with Crippen LogP contribution in [0.3, 0.4) is 0 Å². The molecule has 3 rings (SSSR count). The molecule has 0 aliphatic carbocycles. The van der Waals surface area contributed by atoms with Crippen molar-refractivity contribution < 1.29 is 0 Å². The first-order valence-corrected chi connectivity index (χ1v) is 7.04.